The quantitative estimate of drug-likeness (QED) is 0.711. The van der Waals surface area contributed by atoms with Crippen LogP contribution in [0.15, 0.2) is 0 Å². The number of halogens is 1. The molecule has 5 heteroatoms. The molecule has 0 spiro atoms. The van der Waals surface area contributed by atoms with Crippen molar-refractivity contribution in [3.63, 3.8) is 0 Å². The highest BCUT2D eigenvalue weighted by atomic mass is 35.5. The first-order chi connectivity index (χ1) is 5.68. The molecule has 0 aromatic heterocycles. The van der Waals surface area contributed by atoms with Gasteiger partial charge in [-0.3, -0.25) is 0 Å². The van der Waals surface area contributed by atoms with Crippen molar-refractivity contribution >= 4 is 18.5 Å². The van der Waals surface area contributed by atoms with E-state index in [0.29, 0.717) is 18.6 Å². The standard InChI is InChI=1S/C8H16N2O2.ClH/c9-7-3-1-6(2-4-7)5-12-8(10)11;/h6-7H,1-5,9H2,(H2,10,11);1H/t6-,7+;. The van der Waals surface area contributed by atoms with Crippen LogP contribution in [0.4, 0.5) is 4.79 Å². The van der Waals surface area contributed by atoms with Gasteiger partial charge in [0.25, 0.3) is 0 Å². The molecule has 0 atom stereocenters. The molecule has 0 bridgehead atoms. The molecule has 78 valence electrons. The van der Waals surface area contributed by atoms with E-state index in [9.17, 15) is 4.79 Å². The highest BCUT2D eigenvalue weighted by Crippen LogP contribution is 2.22. The predicted octanol–water partition coefficient (Wildman–Crippen LogP) is 1.02. The summed E-state index contributed by atoms with van der Waals surface area (Å²) in [7, 11) is 0. The summed E-state index contributed by atoms with van der Waals surface area (Å²) in [6.07, 6.45) is 3.49. The average Bonchev–Trinajstić information content (AvgIpc) is 2.03. The SMILES string of the molecule is Cl.NC(=O)OC[C@H]1CC[C@@H](N)CC1. The fourth-order valence-electron chi connectivity index (χ4n) is 1.55. The Labute approximate surface area is 84.4 Å². The summed E-state index contributed by atoms with van der Waals surface area (Å²) in [5.41, 5.74) is 10.6. The van der Waals surface area contributed by atoms with E-state index in [-0.39, 0.29) is 12.4 Å². The third kappa shape index (κ3) is 4.95. The van der Waals surface area contributed by atoms with Crippen LogP contribution in [-0.2, 0) is 4.74 Å². The van der Waals surface area contributed by atoms with E-state index in [2.05, 4.69) is 0 Å². The van der Waals surface area contributed by atoms with Crippen molar-refractivity contribution in [2.75, 3.05) is 6.61 Å². The number of amides is 1. The highest BCUT2D eigenvalue weighted by molar-refractivity contribution is 5.85. The topological polar surface area (TPSA) is 78.3 Å². The summed E-state index contributed by atoms with van der Waals surface area (Å²) in [4.78, 5) is 10.3. The van der Waals surface area contributed by atoms with Crippen LogP contribution in [0.2, 0.25) is 0 Å². The zero-order chi connectivity index (χ0) is 8.97. The first kappa shape index (κ1) is 12.5. The maximum atomic E-state index is 10.3. The van der Waals surface area contributed by atoms with Gasteiger partial charge in [0.15, 0.2) is 0 Å². The maximum Gasteiger partial charge on any atom is 0.404 e. The summed E-state index contributed by atoms with van der Waals surface area (Å²) in [5.74, 6) is 0.470. The molecule has 0 heterocycles. The van der Waals surface area contributed by atoms with Crippen molar-refractivity contribution in [1.29, 1.82) is 0 Å². The van der Waals surface area contributed by atoms with Crippen LogP contribution in [0.3, 0.4) is 0 Å². The lowest BCUT2D eigenvalue weighted by Crippen LogP contribution is -2.29. The molecule has 4 nitrogen and oxygen atoms in total. The lowest BCUT2D eigenvalue weighted by atomic mass is 9.87. The van der Waals surface area contributed by atoms with Gasteiger partial charge in [-0.05, 0) is 31.6 Å². The Balaban J connectivity index is 0.00000144. The molecule has 0 aromatic carbocycles. The predicted molar refractivity (Wildman–Crippen MR) is 52.7 cm³/mol. The molecule has 0 unspecified atom stereocenters. The van der Waals surface area contributed by atoms with E-state index in [4.69, 9.17) is 16.2 Å². The van der Waals surface area contributed by atoms with E-state index in [1.54, 1.807) is 0 Å². The van der Waals surface area contributed by atoms with Crippen molar-refractivity contribution in [3.8, 4) is 0 Å². The molecule has 4 N–H and O–H groups in total. The molecule has 0 aromatic rings. The summed E-state index contributed by atoms with van der Waals surface area (Å²) in [6, 6.07) is 0.342. The van der Waals surface area contributed by atoms with Gasteiger partial charge in [-0.2, -0.15) is 0 Å². The van der Waals surface area contributed by atoms with E-state index in [1.807, 2.05) is 0 Å². The number of carbonyl (C=O) groups excluding carboxylic acids is 1. The normalized spacial score (nSPS) is 27.5. The van der Waals surface area contributed by atoms with Crippen LogP contribution >= 0.6 is 12.4 Å². The minimum Gasteiger partial charge on any atom is -0.449 e. The highest BCUT2D eigenvalue weighted by Gasteiger charge is 2.19. The van der Waals surface area contributed by atoms with Crippen molar-refractivity contribution < 1.29 is 9.53 Å². The van der Waals surface area contributed by atoms with Crippen molar-refractivity contribution in [2.24, 2.45) is 17.4 Å². The largest absolute Gasteiger partial charge is 0.449 e. The van der Waals surface area contributed by atoms with Gasteiger partial charge < -0.3 is 16.2 Å². The minimum absolute atomic E-state index is 0. The van der Waals surface area contributed by atoms with Crippen LogP contribution < -0.4 is 11.5 Å². The Bertz CT molecular complexity index is 158. The summed E-state index contributed by atoms with van der Waals surface area (Å²) >= 11 is 0. The van der Waals surface area contributed by atoms with Crippen LogP contribution in [0.5, 0.6) is 0 Å². The molecule has 1 aliphatic rings. The summed E-state index contributed by atoms with van der Waals surface area (Å²) in [5, 5.41) is 0. The van der Waals surface area contributed by atoms with E-state index < -0.39 is 6.09 Å². The Morgan fingerprint density at radius 1 is 1.31 bits per heavy atom. The van der Waals surface area contributed by atoms with Gasteiger partial charge in [0, 0.05) is 6.04 Å². The fraction of sp³-hybridized carbons (Fsp3) is 0.875. The number of nitrogens with two attached hydrogens (primary N) is 2. The second-order valence-electron chi connectivity index (χ2n) is 3.41. The summed E-state index contributed by atoms with van der Waals surface area (Å²) in [6.45, 7) is 0.460. The number of hydrogen-bond acceptors (Lipinski definition) is 3. The molecule has 1 aliphatic carbocycles. The van der Waals surface area contributed by atoms with Crippen molar-refractivity contribution in [2.45, 2.75) is 31.7 Å². The Kier molecular flexibility index (Phi) is 5.82. The van der Waals surface area contributed by atoms with Gasteiger partial charge in [-0.25, -0.2) is 4.79 Å². The minimum atomic E-state index is -0.676. The van der Waals surface area contributed by atoms with Gasteiger partial charge >= 0.3 is 6.09 Å². The van der Waals surface area contributed by atoms with Gasteiger partial charge in [0.1, 0.15) is 0 Å². The van der Waals surface area contributed by atoms with Gasteiger partial charge in [-0.1, -0.05) is 0 Å². The molecular weight excluding hydrogens is 192 g/mol. The first-order valence-corrected chi connectivity index (χ1v) is 4.36. The maximum absolute atomic E-state index is 10.3. The van der Waals surface area contributed by atoms with Gasteiger partial charge in [0.05, 0.1) is 6.61 Å². The number of rotatable bonds is 2. The van der Waals surface area contributed by atoms with Gasteiger partial charge in [0.2, 0.25) is 0 Å². The molecule has 0 saturated heterocycles. The van der Waals surface area contributed by atoms with Crippen LogP contribution in [0.1, 0.15) is 25.7 Å². The molecule has 1 rings (SSSR count). The second-order valence-corrected chi connectivity index (χ2v) is 3.41. The van der Waals surface area contributed by atoms with E-state index in [1.165, 1.54) is 0 Å². The van der Waals surface area contributed by atoms with E-state index in [0.717, 1.165) is 25.7 Å². The molecule has 1 saturated carbocycles. The van der Waals surface area contributed by atoms with Crippen molar-refractivity contribution in [3.05, 3.63) is 0 Å². The zero-order valence-corrected chi connectivity index (χ0v) is 8.39. The smallest absolute Gasteiger partial charge is 0.404 e. The fourth-order valence-corrected chi connectivity index (χ4v) is 1.55. The third-order valence-electron chi connectivity index (χ3n) is 2.35. The zero-order valence-electron chi connectivity index (χ0n) is 7.57. The first-order valence-electron chi connectivity index (χ1n) is 4.36. The molecule has 13 heavy (non-hydrogen) atoms. The molecule has 1 amide bonds. The van der Waals surface area contributed by atoms with Gasteiger partial charge in [-0.15, -0.1) is 12.4 Å². The van der Waals surface area contributed by atoms with Crippen LogP contribution in [0.25, 0.3) is 0 Å². The second kappa shape index (κ2) is 6.05. The summed E-state index contributed by atoms with van der Waals surface area (Å²) < 4.78 is 4.71. The Morgan fingerprint density at radius 2 is 1.85 bits per heavy atom. The monoisotopic (exact) mass is 208 g/mol. The Morgan fingerprint density at radius 3 is 2.31 bits per heavy atom. The molecular formula is C8H17ClN2O2. The van der Waals surface area contributed by atoms with Crippen LogP contribution in [0, 0.1) is 5.92 Å². The molecule has 1 fully saturated rings. The van der Waals surface area contributed by atoms with Crippen LogP contribution in [-0.4, -0.2) is 18.7 Å². The number of carbonyl (C=O) groups is 1. The average molecular weight is 209 g/mol. The molecule has 0 radical (unpaired) electrons. The lowest BCUT2D eigenvalue weighted by Gasteiger charge is -2.25. The number of ether oxygens (including phenoxy) is 1. The Hall–Kier alpha value is -0.480. The number of primary amides is 1. The lowest BCUT2D eigenvalue weighted by molar-refractivity contribution is 0.122. The molecule has 0 aliphatic heterocycles. The van der Waals surface area contributed by atoms with E-state index >= 15 is 0 Å². The number of hydrogen-bond donors (Lipinski definition) is 2. The third-order valence-corrected chi connectivity index (χ3v) is 2.35. The van der Waals surface area contributed by atoms with Crippen molar-refractivity contribution in [1.82, 2.24) is 0 Å².